The van der Waals surface area contributed by atoms with Crippen LogP contribution in [0.25, 0.3) is 0 Å². The van der Waals surface area contributed by atoms with E-state index in [1.165, 1.54) is 18.6 Å². The van der Waals surface area contributed by atoms with E-state index in [1.807, 2.05) is 0 Å². The quantitative estimate of drug-likeness (QED) is 0.793. The van der Waals surface area contributed by atoms with Crippen molar-refractivity contribution < 1.29 is 13.5 Å². The SMILES string of the molecule is O=S(=O)(NCc1ccncn1)c1ccccc1C#CCO. The third-order valence-electron chi connectivity index (χ3n) is 2.57. The number of aromatic nitrogens is 2. The molecule has 1 aromatic carbocycles. The number of benzene rings is 1. The lowest BCUT2D eigenvalue weighted by atomic mass is 10.2. The minimum atomic E-state index is -3.71. The molecule has 0 aliphatic carbocycles. The first-order valence-corrected chi connectivity index (χ1v) is 7.55. The molecule has 0 saturated heterocycles. The lowest BCUT2D eigenvalue weighted by molar-refractivity contribution is 0.350. The van der Waals surface area contributed by atoms with Crippen molar-refractivity contribution in [2.75, 3.05) is 6.61 Å². The van der Waals surface area contributed by atoms with Crippen LogP contribution in [-0.4, -0.2) is 30.1 Å². The highest BCUT2D eigenvalue weighted by Gasteiger charge is 2.17. The van der Waals surface area contributed by atoms with Gasteiger partial charge >= 0.3 is 0 Å². The number of hydrogen-bond donors (Lipinski definition) is 2. The summed E-state index contributed by atoms with van der Waals surface area (Å²) < 4.78 is 27.1. The van der Waals surface area contributed by atoms with Gasteiger partial charge in [0, 0.05) is 11.8 Å². The molecule has 1 aromatic heterocycles. The van der Waals surface area contributed by atoms with Crippen LogP contribution in [0.3, 0.4) is 0 Å². The maximum absolute atomic E-state index is 12.3. The van der Waals surface area contributed by atoms with Gasteiger partial charge in [-0.2, -0.15) is 0 Å². The molecule has 1 heterocycles. The topological polar surface area (TPSA) is 92.2 Å². The van der Waals surface area contributed by atoms with E-state index in [2.05, 4.69) is 26.5 Å². The minimum absolute atomic E-state index is 0.0621. The van der Waals surface area contributed by atoms with Crippen molar-refractivity contribution in [3.63, 3.8) is 0 Å². The minimum Gasteiger partial charge on any atom is -0.384 e. The van der Waals surface area contributed by atoms with Crippen molar-refractivity contribution in [1.82, 2.24) is 14.7 Å². The first-order chi connectivity index (χ1) is 10.1. The van der Waals surface area contributed by atoms with Crippen molar-refractivity contribution >= 4 is 10.0 Å². The molecule has 0 unspecified atom stereocenters. The van der Waals surface area contributed by atoms with Crippen molar-refractivity contribution in [3.05, 3.63) is 54.1 Å². The summed E-state index contributed by atoms with van der Waals surface area (Å²) in [6.07, 6.45) is 2.89. The summed E-state index contributed by atoms with van der Waals surface area (Å²) in [5.74, 6) is 5.07. The lowest BCUT2D eigenvalue weighted by Gasteiger charge is -2.08. The van der Waals surface area contributed by atoms with Crippen molar-refractivity contribution in [2.45, 2.75) is 11.4 Å². The Morgan fingerprint density at radius 3 is 2.76 bits per heavy atom. The predicted octanol–water partition coefficient (Wildman–Crippen LogP) is 0.299. The Morgan fingerprint density at radius 1 is 1.24 bits per heavy atom. The molecule has 0 aliphatic heterocycles. The zero-order chi connectivity index (χ0) is 15.1. The molecule has 0 atom stereocenters. The summed E-state index contributed by atoms with van der Waals surface area (Å²) in [5, 5.41) is 8.72. The number of nitrogens with zero attached hydrogens (tertiary/aromatic N) is 2. The Hall–Kier alpha value is -2.27. The maximum Gasteiger partial charge on any atom is 0.242 e. The molecule has 21 heavy (non-hydrogen) atoms. The van der Waals surface area contributed by atoms with Crippen LogP contribution in [0.1, 0.15) is 11.3 Å². The fourth-order valence-corrected chi connectivity index (χ4v) is 2.77. The van der Waals surface area contributed by atoms with Gasteiger partial charge < -0.3 is 5.11 Å². The monoisotopic (exact) mass is 303 g/mol. The van der Waals surface area contributed by atoms with Gasteiger partial charge in [0.05, 0.1) is 17.1 Å². The number of rotatable bonds is 4. The van der Waals surface area contributed by atoms with E-state index >= 15 is 0 Å². The standard InChI is InChI=1S/C14H13N3O3S/c18-9-3-5-12-4-1-2-6-14(12)21(19,20)17-10-13-7-8-15-11-16-13/h1-2,4,6-8,11,17-18H,9-10H2. The van der Waals surface area contributed by atoms with Gasteiger partial charge in [0.1, 0.15) is 12.9 Å². The summed E-state index contributed by atoms with van der Waals surface area (Å²) in [6, 6.07) is 7.97. The van der Waals surface area contributed by atoms with Crippen molar-refractivity contribution in [2.24, 2.45) is 0 Å². The van der Waals surface area contributed by atoms with Crippen LogP contribution in [0.4, 0.5) is 0 Å². The van der Waals surface area contributed by atoms with E-state index in [1.54, 1.807) is 24.3 Å². The van der Waals surface area contributed by atoms with E-state index < -0.39 is 10.0 Å². The number of hydrogen-bond acceptors (Lipinski definition) is 5. The maximum atomic E-state index is 12.3. The van der Waals surface area contributed by atoms with Gasteiger partial charge in [-0.25, -0.2) is 23.1 Å². The van der Waals surface area contributed by atoms with Gasteiger partial charge in [0.25, 0.3) is 0 Å². The van der Waals surface area contributed by atoms with Gasteiger partial charge in [0.2, 0.25) is 10.0 Å². The molecule has 0 amide bonds. The number of nitrogens with one attached hydrogen (secondary N) is 1. The lowest BCUT2D eigenvalue weighted by Crippen LogP contribution is -2.24. The molecule has 0 spiro atoms. The molecule has 0 saturated carbocycles. The molecule has 108 valence electrons. The highest BCUT2D eigenvalue weighted by Crippen LogP contribution is 2.14. The molecule has 0 bridgehead atoms. The van der Waals surface area contributed by atoms with Crippen LogP contribution in [0.5, 0.6) is 0 Å². The van der Waals surface area contributed by atoms with Crippen molar-refractivity contribution in [3.8, 4) is 11.8 Å². The molecule has 0 aliphatic rings. The van der Waals surface area contributed by atoms with Crippen LogP contribution in [0.2, 0.25) is 0 Å². The normalized spacial score (nSPS) is 10.7. The molecule has 0 fully saturated rings. The van der Waals surface area contributed by atoms with Gasteiger partial charge in [-0.1, -0.05) is 24.0 Å². The summed E-state index contributed by atoms with van der Waals surface area (Å²) in [4.78, 5) is 7.78. The third kappa shape index (κ3) is 4.10. The largest absolute Gasteiger partial charge is 0.384 e. The van der Waals surface area contributed by atoms with Crippen molar-refractivity contribution in [1.29, 1.82) is 0 Å². The molecule has 2 N–H and O–H groups in total. The molecular formula is C14H13N3O3S. The van der Waals surface area contributed by atoms with E-state index in [0.29, 0.717) is 11.3 Å². The highest BCUT2D eigenvalue weighted by molar-refractivity contribution is 7.89. The Kier molecular flexibility index (Phi) is 5.00. The second-order valence-corrected chi connectivity index (χ2v) is 5.72. The first-order valence-electron chi connectivity index (χ1n) is 6.07. The third-order valence-corrected chi connectivity index (χ3v) is 4.02. The van der Waals surface area contributed by atoms with E-state index in [4.69, 9.17) is 5.11 Å². The first kappa shape index (κ1) is 15.1. The van der Waals surface area contributed by atoms with Gasteiger partial charge in [-0.3, -0.25) is 0 Å². The molecule has 2 rings (SSSR count). The molecule has 2 aromatic rings. The van der Waals surface area contributed by atoms with Gasteiger partial charge in [-0.15, -0.1) is 0 Å². The Morgan fingerprint density at radius 2 is 2.05 bits per heavy atom. The van der Waals surface area contributed by atoms with Gasteiger partial charge in [-0.05, 0) is 18.2 Å². The van der Waals surface area contributed by atoms with Crippen LogP contribution in [0.15, 0.2) is 47.8 Å². The summed E-state index contributed by atoms with van der Waals surface area (Å²) in [7, 11) is -3.71. The summed E-state index contributed by atoms with van der Waals surface area (Å²) in [5.41, 5.74) is 0.897. The van der Waals surface area contributed by atoms with Crippen LogP contribution in [0, 0.1) is 11.8 Å². The second-order valence-electron chi connectivity index (χ2n) is 3.98. The van der Waals surface area contributed by atoms with Crippen LogP contribution >= 0.6 is 0 Å². The zero-order valence-corrected chi connectivity index (χ0v) is 11.8. The number of aliphatic hydroxyl groups is 1. The fraction of sp³-hybridized carbons (Fsp3) is 0.143. The Bertz CT molecular complexity index is 765. The zero-order valence-electron chi connectivity index (χ0n) is 11.0. The molecule has 6 nitrogen and oxygen atoms in total. The molecule has 0 radical (unpaired) electrons. The fourth-order valence-electron chi connectivity index (χ4n) is 1.61. The summed E-state index contributed by atoms with van der Waals surface area (Å²) in [6.45, 7) is -0.268. The highest BCUT2D eigenvalue weighted by atomic mass is 32.2. The van der Waals surface area contributed by atoms with E-state index in [0.717, 1.165) is 0 Å². The Labute approximate surface area is 122 Å². The summed E-state index contributed by atoms with van der Waals surface area (Å²) >= 11 is 0. The number of aliphatic hydroxyl groups excluding tert-OH is 1. The van der Waals surface area contributed by atoms with Gasteiger partial charge in [0.15, 0.2) is 0 Å². The average molecular weight is 303 g/mol. The van der Waals surface area contributed by atoms with Crippen LogP contribution < -0.4 is 4.72 Å². The molecule has 7 heteroatoms. The van der Waals surface area contributed by atoms with E-state index in [9.17, 15) is 8.42 Å². The molecular weight excluding hydrogens is 290 g/mol. The number of sulfonamides is 1. The smallest absolute Gasteiger partial charge is 0.242 e. The second kappa shape index (κ2) is 6.95. The predicted molar refractivity (Wildman–Crippen MR) is 76.5 cm³/mol. The van der Waals surface area contributed by atoms with Crippen LogP contribution in [-0.2, 0) is 16.6 Å². The Balaban J connectivity index is 2.24. The van der Waals surface area contributed by atoms with E-state index in [-0.39, 0.29) is 18.0 Å². The average Bonchev–Trinajstić information content (AvgIpc) is 2.52.